The quantitative estimate of drug-likeness (QED) is 0.263. The standard InChI is InChI=1S/C29H32N4/c1-2-23(20-9-5-3-4-6-10-20)26-19-31-33-16-15-22(17-28(26)33)25-18-30-29-24(25)13-14-27(32-29)21-11-7-8-12-21/h13-21H,1,3-12H2,(H,30,32). The summed E-state index contributed by atoms with van der Waals surface area (Å²) < 4.78 is 1.98. The van der Waals surface area contributed by atoms with Crippen LogP contribution in [0.1, 0.15) is 81.4 Å². The number of pyridine rings is 2. The van der Waals surface area contributed by atoms with Crippen LogP contribution in [0.15, 0.2) is 55.2 Å². The molecule has 0 unspecified atom stereocenters. The van der Waals surface area contributed by atoms with Crippen LogP contribution in [0.4, 0.5) is 0 Å². The molecular formula is C29H32N4. The van der Waals surface area contributed by atoms with Gasteiger partial charge in [0.25, 0.3) is 0 Å². The molecule has 0 saturated heterocycles. The third-order valence-electron chi connectivity index (χ3n) is 7.91. The second-order valence-corrected chi connectivity index (χ2v) is 9.90. The lowest BCUT2D eigenvalue weighted by atomic mass is 9.88. The molecule has 4 aromatic heterocycles. The Morgan fingerprint density at radius 1 is 1.00 bits per heavy atom. The van der Waals surface area contributed by atoms with Crippen molar-refractivity contribution >= 4 is 22.1 Å². The van der Waals surface area contributed by atoms with Crippen LogP contribution < -0.4 is 0 Å². The zero-order valence-corrected chi connectivity index (χ0v) is 19.3. The first-order valence-corrected chi connectivity index (χ1v) is 12.7. The highest BCUT2D eigenvalue weighted by molar-refractivity contribution is 5.95. The average molecular weight is 437 g/mol. The van der Waals surface area contributed by atoms with Crippen LogP contribution in [0.25, 0.3) is 33.3 Å². The fourth-order valence-corrected chi connectivity index (χ4v) is 6.09. The molecule has 1 N–H and O–H groups in total. The van der Waals surface area contributed by atoms with Gasteiger partial charge in [-0.15, -0.1) is 5.73 Å². The van der Waals surface area contributed by atoms with Crippen LogP contribution in [-0.4, -0.2) is 19.6 Å². The highest BCUT2D eigenvalue weighted by atomic mass is 15.2. The number of allylic oxidation sites excluding steroid dienone is 1. The van der Waals surface area contributed by atoms with Gasteiger partial charge in [-0.1, -0.05) is 45.1 Å². The molecule has 0 spiro atoms. The van der Waals surface area contributed by atoms with Crippen molar-refractivity contribution in [1.29, 1.82) is 0 Å². The minimum atomic E-state index is 0.535. The number of nitrogens with one attached hydrogen (secondary N) is 1. The summed E-state index contributed by atoms with van der Waals surface area (Å²) in [5.74, 6) is 1.16. The first kappa shape index (κ1) is 20.5. The summed E-state index contributed by atoms with van der Waals surface area (Å²) in [6, 6.07) is 8.91. The maximum absolute atomic E-state index is 4.99. The van der Waals surface area contributed by atoms with Gasteiger partial charge in [0, 0.05) is 46.1 Å². The first-order chi connectivity index (χ1) is 16.3. The Labute approximate surface area is 195 Å². The maximum atomic E-state index is 4.99. The van der Waals surface area contributed by atoms with E-state index in [2.05, 4.69) is 59.1 Å². The summed E-state index contributed by atoms with van der Waals surface area (Å²) in [6.07, 6.45) is 19.1. The van der Waals surface area contributed by atoms with E-state index in [0.29, 0.717) is 11.8 Å². The summed E-state index contributed by atoms with van der Waals surface area (Å²) in [5, 5.41) is 5.84. The second-order valence-electron chi connectivity index (χ2n) is 9.90. The van der Waals surface area contributed by atoms with Gasteiger partial charge in [-0.2, -0.15) is 5.10 Å². The van der Waals surface area contributed by atoms with Gasteiger partial charge < -0.3 is 4.98 Å². The zero-order valence-electron chi connectivity index (χ0n) is 19.3. The summed E-state index contributed by atoms with van der Waals surface area (Å²) >= 11 is 0. The van der Waals surface area contributed by atoms with E-state index in [1.54, 1.807) is 0 Å². The lowest BCUT2D eigenvalue weighted by Gasteiger charge is -2.16. The highest BCUT2D eigenvalue weighted by Gasteiger charge is 2.22. The molecule has 2 fully saturated rings. The molecule has 0 aliphatic heterocycles. The van der Waals surface area contributed by atoms with E-state index in [9.17, 15) is 0 Å². The molecule has 4 heterocycles. The summed E-state index contributed by atoms with van der Waals surface area (Å²) in [4.78, 5) is 8.43. The number of aromatic amines is 1. The van der Waals surface area contributed by atoms with Crippen LogP contribution in [-0.2, 0) is 0 Å². The van der Waals surface area contributed by atoms with E-state index in [0.717, 1.165) is 11.2 Å². The van der Waals surface area contributed by atoms with E-state index in [1.807, 2.05) is 10.7 Å². The molecule has 33 heavy (non-hydrogen) atoms. The summed E-state index contributed by atoms with van der Waals surface area (Å²) in [5.41, 5.74) is 11.5. The molecule has 0 atom stereocenters. The van der Waals surface area contributed by atoms with E-state index in [-0.39, 0.29) is 0 Å². The molecule has 4 nitrogen and oxygen atoms in total. The Morgan fingerprint density at radius 3 is 2.58 bits per heavy atom. The van der Waals surface area contributed by atoms with Gasteiger partial charge in [0.2, 0.25) is 0 Å². The molecule has 0 bridgehead atoms. The van der Waals surface area contributed by atoms with Crippen LogP contribution in [0, 0.1) is 5.92 Å². The molecule has 0 amide bonds. The molecule has 6 rings (SSSR count). The predicted octanol–water partition coefficient (Wildman–Crippen LogP) is 7.67. The van der Waals surface area contributed by atoms with Gasteiger partial charge in [0.15, 0.2) is 0 Å². The normalized spacial score (nSPS) is 18.1. The number of hydrogen-bond acceptors (Lipinski definition) is 2. The van der Waals surface area contributed by atoms with Crippen molar-refractivity contribution in [3.05, 3.63) is 66.4 Å². The lowest BCUT2D eigenvalue weighted by Crippen LogP contribution is -2.02. The van der Waals surface area contributed by atoms with Crippen molar-refractivity contribution in [2.45, 2.75) is 70.1 Å². The van der Waals surface area contributed by atoms with Gasteiger partial charge in [0.1, 0.15) is 5.65 Å². The van der Waals surface area contributed by atoms with Crippen molar-refractivity contribution in [2.24, 2.45) is 5.92 Å². The Balaban J connectivity index is 1.39. The van der Waals surface area contributed by atoms with Gasteiger partial charge in [-0.05, 0) is 61.4 Å². The number of aromatic nitrogens is 4. The Bertz CT molecular complexity index is 1340. The monoisotopic (exact) mass is 436 g/mol. The average Bonchev–Trinajstić information content (AvgIpc) is 3.56. The topological polar surface area (TPSA) is 46.0 Å². The zero-order chi connectivity index (χ0) is 22.2. The van der Waals surface area contributed by atoms with E-state index in [4.69, 9.17) is 4.98 Å². The van der Waals surface area contributed by atoms with Crippen LogP contribution in [0.3, 0.4) is 0 Å². The third kappa shape index (κ3) is 3.73. The molecule has 4 aromatic rings. The largest absolute Gasteiger partial charge is 0.346 e. The smallest absolute Gasteiger partial charge is 0.138 e. The lowest BCUT2D eigenvalue weighted by molar-refractivity contribution is 0.575. The van der Waals surface area contributed by atoms with Gasteiger partial charge in [-0.3, -0.25) is 0 Å². The Hall–Kier alpha value is -3.10. The number of H-pyrrole nitrogens is 1. The van der Waals surface area contributed by atoms with Crippen molar-refractivity contribution in [3.63, 3.8) is 0 Å². The van der Waals surface area contributed by atoms with Crippen LogP contribution in [0.5, 0.6) is 0 Å². The molecule has 2 aliphatic carbocycles. The second kappa shape index (κ2) is 8.68. The molecule has 0 aromatic carbocycles. The van der Waals surface area contributed by atoms with Crippen molar-refractivity contribution in [3.8, 4) is 11.1 Å². The molecule has 0 radical (unpaired) electrons. The third-order valence-corrected chi connectivity index (χ3v) is 7.91. The van der Waals surface area contributed by atoms with E-state index >= 15 is 0 Å². The number of hydrogen-bond donors (Lipinski definition) is 1. The molecule has 168 valence electrons. The molecule has 2 aliphatic rings. The molecule has 2 saturated carbocycles. The van der Waals surface area contributed by atoms with Crippen molar-refractivity contribution in [2.75, 3.05) is 0 Å². The van der Waals surface area contributed by atoms with Gasteiger partial charge in [0.05, 0.1) is 11.7 Å². The predicted molar refractivity (Wildman–Crippen MR) is 135 cm³/mol. The number of fused-ring (bicyclic) bond motifs is 2. The maximum Gasteiger partial charge on any atom is 0.138 e. The van der Waals surface area contributed by atoms with Gasteiger partial charge >= 0.3 is 0 Å². The highest BCUT2D eigenvalue weighted by Crippen LogP contribution is 2.38. The minimum absolute atomic E-state index is 0.535. The first-order valence-electron chi connectivity index (χ1n) is 12.7. The summed E-state index contributed by atoms with van der Waals surface area (Å²) in [7, 11) is 0. The molecular weight excluding hydrogens is 404 g/mol. The van der Waals surface area contributed by atoms with Crippen molar-refractivity contribution in [1.82, 2.24) is 19.6 Å². The number of nitrogens with zero attached hydrogens (tertiary/aromatic N) is 3. The fraction of sp³-hybridized carbons (Fsp3) is 0.414. The van der Waals surface area contributed by atoms with E-state index < -0.39 is 0 Å². The SMILES string of the molecule is C=C=C(c1cnn2ccc(-c3c[nH]c4nc(C5CCCC5)ccc34)cc12)C1CCCCCC1. The summed E-state index contributed by atoms with van der Waals surface area (Å²) in [6.45, 7) is 4.07. The van der Waals surface area contributed by atoms with Gasteiger partial charge in [-0.25, -0.2) is 9.50 Å². The molecule has 4 heteroatoms. The Morgan fingerprint density at radius 2 is 1.79 bits per heavy atom. The van der Waals surface area contributed by atoms with Crippen molar-refractivity contribution < 1.29 is 0 Å². The minimum Gasteiger partial charge on any atom is -0.346 e. The number of rotatable bonds is 4. The van der Waals surface area contributed by atoms with Crippen LogP contribution >= 0.6 is 0 Å². The fourth-order valence-electron chi connectivity index (χ4n) is 6.09. The van der Waals surface area contributed by atoms with Crippen LogP contribution in [0.2, 0.25) is 0 Å². The Kier molecular flexibility index (Phi) is 5.39. The van der Waals surface area contributed by atoms with E-state index in [1.165, 1.54) is 97.6 Å².